The zero-order valence-corrected chi connectivity index (χ0v) is 24.0. The van der Waals surface area contributed by atoms with Crippen LogP contribution in [-0.4, -0.2) is 65.2 Å². The maximum Gasteiger partial charge on any atom is 0.274 e. The normalized spacial score (nSPS) is 21.8. The molecular formula is C29H41FN6O2S. The van der Waals surface area contributed by atoms with E-state index in [4.69, 9.17) is 10.1 Å². The lowest BCUT2D eigenvalue weighted by atomic mass is 9.93. The predicted molar refractivity (Wildman–Crippen MR) is 158 cm³/mol. The molecule has 2 aromatic rings. The van der Waals surface area contributed by atoms with E-state index in [2.05, 4.69) is 26.8 Å². The van der Waals surface area contributed by atoms with Gasteiger partial charge in [0, 0.05) is 37.9 Å². The van der Waals surface area contributed by atoms with E-state index in [-0.39, 0.29) is 19.1 Å². The topological polar surface area (TPSA) is 93.6 Å². The number of rotatable bonds is 11. The number of hydrogen-bond donors (Lipinski definition) is 3. The van der Waals surface area contributed by atoms with Crippen molar-refractivity contribution in [3.05, 3.63) is 35.7 Å². The van der Waals surface area contributed by atoms with E-state index >= 15 is 0 Å². The first kappa shape index (κ1) is 28.0. The Kier molecular flexibility index (Phi) is 8.52. The van der Waals surface area contributed by atoms with Gasteiger partial charge in [0.1, 0.15) is 23.0 Å². The average molecular weight is 557 g/mol. The van der Waals surface area contributed by atoms with Crippen LogP contribution in [0.4, 0.5) is 27.4 Å². The van der Waals surface area contributed by atoms with Crippen molar-refractivity contribution in [1.82, 2.24) is 9.97 Å². The van der Waals surface area contributed by atoms with Gasteiger partial charge < -0.3 is 24.9 Å². The van der Waals surface area contributed by atoms with E-state index in [1.54, 1.807) is 19.2 Å². The number of aliphatic hydroxyl groups is 1. The summed E-state index contributed by atoms with van der Waals surface area (Å²) in [6.07, 6.45) is 10.1. The monoisotopic (exact) mass is 556 g/mol. The number of aliphatic hydroxyl groups excluding tert-OH is 1. The summed E-state index contributed by atoms with van der Waals surface area (Å²) in [5, 5.41) is 12.2. The highest BCUT2D eigenvalue weighted by molar-refractivity contribution is 8.00. The molecule has 3 N–H and O–H groups in total. The molecule has 1 aliphatic carbocycles. The third-order valence-corrected chi connectivity index (χ3v) is 9.07. The van der Waals surface area contributed by atoms with E-state index in [0.29, 0.717) is 41.3 Å². The van der Waals surface area contributed by atoms with Crippen LogP contribution < -0.4 is 19.8 Å². The molecule has 3 fully saturated rings. The van der Waals surface area contributed by atoms with Gasteiger partial charge in [-0.2, -0.15) is 0 Å². The van der Waals surface area contributed by atoms with E-state index in [1.165, 1.54) is 24.8 Å². The number of alkyl halides is 1. The molecule has 1 saturated carbocycles. The van der Waals surface area contributed by atoms with Crippen LogP contribution in [0, 0.1) is 5.41 Å². The third kappa shape index (κ3) is 6.77. The summed E-state index contributed by atoms with van der Waals surface area (Å²) in [4.78, 5) is 27.1. The SMILES string of the molecule is CCCCc1ccc(C(=O)Nc2cnc(NSCCO)cc2N2CCC3(CC2)CC3)nc1N1CCC(C)(F)C1. The maximum atomic E-state index is 14.7. The number of nitrogens with zero attached hydrogens (tertiary/aromatic N) is 4. The molecule has 0 radical (unpaired) electrons. The van der Waals surface area contributed by atoms with Crippen molar-refractivity contribution in [2.24, 2.45) is 5.41 Å². The molecule has 8 nitrogen and oxygen atoms in total. The van der Waals surface area contributed by atoms with Crippen molar-refractivity contribution < 1.29 is 14.3 Å². The summed E-state index contributed by atoms with van der Waals surface area (Å²) in [6.45, 7) is 6.64. The second-order valence-corrected chi connectivity index (χ2v) is 12.5. The van der Waals surface area contributed by atoms with Crippen LogP contribution in [0.5, 0.6) is 0 Å². The summed E-state index contributed by atoms with van der Waals surface area (Å²) in [5.41, 5.74) is 2.26. The number of carbonyl (C=O) groups is 1. The molecule has 39 heavy (non-hydrogen) atoms. The van der Waals surface area contributed by atoms with Gasteiger partial charge in [0.25, 0.3) is 5.91 Å². The molecule has 2 aromatic heterocycles. The first-order valence-corrected chi connectivity index (χ1v) is 15.3. The lowest BCUT2D eigenvalue weighted by Gasteiger charge is -2.35. The fourth-order valence-electron chi connectivity index (χ4n) is 5.66. The number of nitrogens with one attached hydrogen (secondary N) is 2. The number of aryl methyl sites for hydroxylation is 1. The molecule has 1 amide bonds. The number of amides is 1. The Morgan fingerprint density at radius 1 is 1.15 bits per heavy atom. The number of piperidine rings is 1. The standard InChI is InChI=1S/C29H41FN6O2S/c1-3-4-5-21-6-7-22(32-26(21)36-13-10-28(2,30)20-36)27(38)33-23-19-31-25(34-39-17-16-37)18-24(23)35-14-11-29(8-9-29)12-15-35/h6-7,18-19,37H,3-5,8-17,20H2,1-2H3,(H,31,34)(H,33,38). The van der Waals surface area contributed by atoms with Crippen molar-refractivity contribution >= 4 is 40.9 Å². The summed E-state index contributed by atoms with van der Waals surface area (Å²) < 4.78 is 17.9. The number of hydrogen-bond acceptors (Lipinski definition) is 8. The second kappa shape index (κ2) is 11.9. The smallest absolute Gasteiger partial charge is 0.274 e. The van der Waals surface area contributed by atoms with Gasteiger partial charge in [-0.25, -0.2) is 14.4 Å². The van der Waals surface area contributed by atoms with Gasteiger partial charge in [0.05, 0.1) is 30.7 Å². The Hall–Kier alpha value is -2.59. The van der Waals surface area contributed by atoms with E-state index < -0.39 is 5.67 Å². The highest BCUT2D eigenvalue weighted by atomic mass is 32.2. The lowest BCUT2D eigenvalue weighted by Crippen LogP contribution is -2.35. The summed E-state index contributed by atoms with van der Waals surface area (Å²) in [6, 6.07) is 5.73. The Morgan fingerprint density at radius 2 is 1.92 bits per heavy atom. The Bertz CT molecular complexity index is 1160. The number of pyridine rings is 2. The molecule has 2 aliphatic heterocycles. The first-order valence-electron chi connectivity index (χ1n) is 14.3. The maximum absolute atomic E-state index is 14.7. The van der Waals surface area contributed by atoms with Crippen molar-refractivity contribution in [2.75, 3.05) is 58.4 Å². The summed E-state index contributed by atoms with van der Waals surface area (Å²) in [5.74, 6) is 1.68. The average Bonchev–Trinajstić information content (AvgIpc) is 3.59. The fraction of sp³-hybridized carbons (Fsp3) is 0.621. The van der Waals surface area contributed by atoms with Crippen LogP contribution >= 0.6 is 11.9 Å². The van der Waals surface area contributed by atoms with Gasteiger partial charge in [0.15, 0.2) is 0 Å². The van der Waals surface area contributed by atoms with Gasteiger partial charge in [0.2, 0.25) is 0 Å². The zero-order chi connectivity index (χ0) is 27.5. The predicted octanol–water partition coefficient (Wildman–Crippen LogP) is 5.44. The molecule has 5 rings (SSSR count). The Morgan fingerprint density at radius 3 is 2.59 bits per heavy atom. The highest BCUT2D eigenvalue weighted by Gasteiger charge is 2.44. The molecule has 0 aromatic carbocycles. The molecule has 10 heteroatoms. The van der Waals surface area contributed by atoms with Crippen molar-refractivity contribution in [1.29, 1.82) is 0 Å². The molecule has 4 heterocycles. The minimum Gasteiger partial charge on any atom is -0.395 e. The largest absolute Gasteiger partial charge is 0.395 e. The summed E-state index contributed by atoms with van der Waals surface area (Å²) >= 11 is 1.40. The van der Waals surface area contributed by atoms with Crippen LogP contribution in [0.3, 0.4) is 0 Å². The molecule has 212 valence electrons. The van der Waals surface area contributed by atoms with Gasteiger partial charge in [-0.1, -0.05) is 19.4 Å². The fourth-order valence-corrected chi connectivity index (χ4v) is 6.11. The van der Waals surface area contributed by atoms with Crippen LogP contribution in [0.15, 0.2) is 24.4 Å². The van der Waals surface area contributed by atoms with Gasteiger partial charge in [-0.15, -0.1) is 0 Å². The quantitative estimate of drug-likeness (QED) is 0.249. The molecule has 1 atom stereocenters. The summed E-state index contributed by atoms with van der Waals surface area (Å²) in [7, 11) is 0. The molecular weight excluding hydrogens is 515 g/mol. The van der Waals surface area contributed by atoms with Crippen LogP contribution in [0.2, 0.25) is 0 Å². The molecule has 1 spiro atoms. The minimum absolute atomic E-state index is 0.0844. The van der Waals surface area contributed by atoms with Crippen LogP contribution in [-0.2, 0) is 6.42 Å². The molecule has 0 bridgehead atoms. The van der Waals surface area contributed by atoms with Crippen LogP contribution in [0.25, 0.3) is 0 Å². The second-order valence-electron chi connectivity index (χ2n) is 11.6. The molecule has 2 saturated heterocycles. The van der Waals surface area contributed by atoms with E-state index in [0.717, 1.165) is 62.3 Å². The van der Waals surface area contributed by atoms with Crippen LogP contribution in [0.1, 0.15) is 74.8 Å². The zero-order valence-electron chi connectivity index (χ0n) is 23.1. The minimum atomic E-state index is -1.25. The lowest BCUT2D eigenvalue weighted by molar-refractivity contribution is 0.102. The first-order chi connectivity index (χ1) is 18.8. The Balaban J connectivity index is 1.38. The van der Waals surface area contributed by atoms with E-state index in [9.17, 15) is 9.18 Å². The molecule has 1 unspecified atom stereocenters. The molecule has 3 aliphatic rings. The van der Waals surface area contributed by atoms with Gasteiger partial charge >= 0.3 is 0 Å². The van der Waals surface area contributed by atoms with Crippen molar-refractivity contribution in [3.63, 3.8) is 0 Å². The van der Waals surface area contributed by atoms with Gasteiger partial charge in [-0.3, -0.25) is 4.79 Å². The Labute approximate surface area is 235 Å². The number of unbranched alkanes of at least 4 members (excludes halogenated alkanes) is 1. The number of halogens is 1. The highest BCUT2D eigenvalue weighted by Crippen LogP contribution is 2.54. The van der Waals surface area contributed by atoms with Gasteiger partial charge in [-0.05, 0) is 74.4 Å². The van der Waals surface area contributed by atoms with Crippen molar-refractivity contribution in [2.45, 2.75) is 70.9 Å². The number of anilines is 4. The number of carbonyl (C=O) groups excluding carboxylic acids is 1. The third-order valence-electron chi connectivity index (χ3n) is 8.33. The van der Waals surface area contributed by atoms with E-state index in [1.807, 2.05) is 17.0 Å². The van der Waals surface area contributed by atoms with Crippen molar-refractivity contribution in [3.8, 4) is 0 Å². The number of aromatic nitrogens is 2.